The second kappa shape index (κ2) is 5.55. The molecule has 1 aromatic heterocycles. The van der Waals surface area contributed by atoms with Gasteiger partial charge in [0.2, 0.25) is 5.91 Å². The lowest BCUT2D eigenvalue weighted by Gasteiger charge is -2.56. The Morgan fingerprint density at radius 2 is 1.80 bits per heavy atom. The van der Waals surface area contributed by atoms with Gasteiger partial charge in [-0.2, -0.15) is 0 Å². The number of hydrogen-bond acceptors (Lipinski definition) is 2. The Morgan fingerprint density at radius 3 is 2.48 bits per heavy atom. The lowest BCUT2D eigenvalue weighted by atomic mass is 9.49. The molecule has 6 rings (SSSR count). The molecule has 4 bridgehead atoms. The maximum absolute atomic E-state index is 12.9. The van der Waals surface area contributed by atoms with Gasteiger partial charge < -0.3 is 5.32 Å². The van der Waals surface area contributed by atoms with Crippen molar-refractivity contribution >= 4 is 22.5 Å². The predicted octanol–water partition coefficient (Wildman–Crippen LogP) is 5.09. The average molecular weight is 334 g/mol. The van der Waals surface area contributed by atoms with E-state index in [2.05, 4.69) is 17.2 Å². The first-order valence-electron chi connectivity index (χ1n) is 9.74. The lowest BCUT2D eigenvalue weighted by molar-refractivity contribution is -0.124. The molecule has 3 nitrogen and oxygen atoms in total. The number of rotatable bonds is 3. The van der Waals surface area contributed by atoms with Crippen LogP contribution in [0.2, 0.25) is 0 Å². The summed E-state index contributed by atoms with van der Waals surface area (Å²) in [6, 6.07) is 8.01. The summed E-state index contributed by atoms with van der Waals surface area (Å²) in [5.41, 5.74) is 3.32. The van der Waals surface area contributed by atoms with Crippen LogP contribution < -0.4 is 5.32 Å². The normalized spacial score (nSPS) is 32.9. The summed E-state index contributed by atoms with van der Waals surface area (Å²) in [6.07, 6.45) is 10.7. The molecule has 1 aromatic carbocycles. The quantitative estimate of drug-likeness (QED) is 0.849. The van der Waals surface area contributed by atoms with Gasteiger partial charge in [-0.3, -0.25) is 9.78 Å². The van der Waals surface area contributed by atoms with Gasteiger partial charge in [-0.15, -0.1) is 0 Å². The van der Waals surface area contributed by atoms with Crippen LogP contribution in [-0.2, 0) is 4.79 Å². The Labute approximate surface area is 149 Å². The number of aryl methyl sites for hydroxylation is 1. The van der Waals surface area contributed by atoms with Crippen molar-refractivity contribution in [3.8, 4) is 0 Å². The summed E-state index contributed by atoms with van der Waals surface area (Å²) < 4.78 is 0. The van der Waals surface area contributed by atoms with Crippen LogP contribution in [0.1, 0.15) is 50.5 Å². The number of hydrogen-bond donors (Lipinski definition) is 1. The molecule has 3 heteroatoms. The van der Waals surface area contributed by atoms with Gasteiger partial charge in [-0.05, 0) is 92.4 Å². The number of benzene rings is 1. The molecule has 4 fully saturated rings. The number of aromatic nitrogens is 1. The van der Waals surface area contributed by atoms with Gasteiger partial charge in [0.25, 0.3) is 0 Å². The molecule has 4 saturated carbocycles. The molecule has 0 spiro atoms. The van der Waals surface area contributed by atoms with E-state index in [9.17, 15) is 4.79 Å². The van der Waals surface area contributed by atoms with Crippen LogP contribution in [-0.4, -0.2) is 10.9 Å². The van der Waals surface area contributed by atoms with E-state index >= 15 is 0 Å². The van der Waals surface area contributed by atoms with Crippen LogP contribution in [0.5, 0.6) is 0 Å². The van der Waals surface area contributed by atoms with E-state index in [1.807, 2.05) is 30.5 Å². The molecule has 0 unspecified atom stereocenters. The zero-order chi connectivity index (χ0) is 17.0. The van der Waals surface area contributed by atoms with Gasteiger partial charge in [0, 0.05) is 18.0 Å². The fourth-order valence-corrected chi connectivity index (χ4v) is 6.52. The van der Waals surface area contributed by atoms with E-state index in [-0.39, 0.29) is 11.3 Å². The maximum atomic E-state index is 12.9. The minimum Gasteiger partial charge on any atom is -0.325 e. The fraction of sp³-hybridized carbons (Fsp3) is 0.545. The van der Waals surface area contributed by atoms with Crippen LogP contribution in [0.25, 0.3) is 10.9 Å². The average Bonchev–Trinajstić information content (AvgIpc) is 2.53. The Morgan fingerprint density at radius 1 is 1.12 bits per heavy atom. The summed E-state index contributed by atoms with van der Waals surface area (Å²) in [5.74, 6) is 2.87. The van der Waals surface area contributed by atoms with Gasteiger partial charge in [0.1, 0.15) is 0 Å². The number of nitrogens with zero attached hydrogens (tertiary/aromatic N) is 1. The highest BCUT2D eigenvalue weighted by molar-refractivity contribution is 6.02. The molecule has 0 atom stereocenters. The van der Waals surface area contributed by atoms with Crippen molar-refractivity contribution in [1.29, 1.82) is 0 Å². The Kier molecular flexibility index (Phi) is 3.41. The summed E-state index contributed by atoms with van der Waals surface area (Å²) in [4.78, 5) is 17.4. The van der Waals surface area contributed by atoms with Crippen LogP contribution in [0.15, 0.2) is 30.5 Å². The number of anilines is 1. The largest absolute Gasteiger partial charge is 0.325 e. The molecule has 1 amide bonds. The zero-order valence-electron chi connectivity index (χ0n) is 14.9. The van der Waals surface area contributed by atoms with E-state index in [1.54, 1.807) is 0 Å². The number of carbonyl (C=O) groups is 1. The first kappa shape index (κ1) is 15.4. The second-order valence-electron chi connectivity index (χ2n) is 8.97. The first-order valence-corrected chi connectivity index (χ1v) is 9.74. The number of carbonyl (C=O) groups excluding carboxylic acids is 1. The molecule has 0 radical (unpaired) electrons. The van der Waals surface area contributed by atoms with Crippen molar-refractivity contribution < 1.29 is 4.79 Å². The molecular formula is C22H26N2O. The van der Waals surface area contributed by atoms with Gasteiger partial charge >= 0.3 is 0 Å². The summed E-state index contributed by atoms with van der Waals surface area (Å²) >= 11 is 0. The fourth-order valence-electron chi connectivity index (χ4n) is 6.52. The highest BCUT2D eigenvalue weighted by Gasteiger charge is 2.51. The summed E-state index contributed by atoms with van der Waals surface area (Å²) in [5, 5.41) is 4.29. The molecule has 130 valence electrons. The maximum Gasteiger partial charge on any atom is 0.224 e. The predicted molar refractivity (Wildman–Crippen MR) is 100 cm³/mol. The second-order valence-corrected chi connectivity index (χ2v) is 8.97. The van der Waals surface area contributed by atoms with Crippen molar-refractivity contribution in [3.63, 3.8) is 0 Å². The minimum absolute atomic E-state index is 0.192. The first-order chi connectivity index (χ1) is 12.1. The third-order valence-electron chi connectivity index (χ3n) is 6.95. The third kappa shape index (κ3) is 2.65. The topological polar surface area (TPSA) is 42.0 Å². The Balaban J connectivity index is 1.38. The molecule has 4 aliphatic rings. The highest BCUT2D eigenvalue weighted by atomic mass is 16.1. The number of fused-ring (bicyclic) bond motifs is 1. The molecule has 0 aliphatic heterocycles. The molecular weight excluding hydrogens is 308 g/mol. The van der Waals surface area contributed by atoms with E-state index in [1.165, 1.54) is 38.5 Å². The molecule has 0 saturated heterocycles. The van der Waals surface area contributed by atoms with Crippen LogP contribution in [0, 0.1) is 30.1 Å². The van der Waals surface area contributed by atoms with Crippen molar-refractivity contribution in [2.75, 3.05) is 5.32 Å². The zero-order valence-corrected chi connectivity index (χ0v) is 14.9. The number of nitrogens with one attached hydrogen (secondary N) is 1. The van der Waals surface area contributed by atoms with Gasteiger partial charge in [0.05, 0.1) is 11.2 Å². The van der Waals surface area contributed by atoms with Gasteiger partial charge in [-0.1, -0.05) is 6.07 Å². The number of amides is 1. The monoisotopic (exact) mass is 334 g/mol. The molecule has 1 heterocycles. The van der Waals surface area contributed by atoms with Crippen LogP contribution in [0.3, 0.4) is 0 Å². The molecule has 1 N–H and O–H groups in total. The van der Waals surface area contributed by atoms with E-state index in [0.717, 1.165) is 39.9 Å². The highest BCUT2D eigenvalue weighted by Crippen LogP contribution is 2.61. The Bertz CT molecular complexity index is 801. The summed E-state index contributed by atoms with van der Waals surface area (Å²) in [6.45, 7) is 2.08. The van der Waals surface area contributed by atoms with Gasteiger partial charge in [-0.25, -0.2) is 0 Å². The Hall–Kier alpha value is -1.90. The van der Waals surface area contributed by atoms with Crippen molar-refractivity contribution in [3.05, 3.63) is 36.0 Å². The standard InChI is InChI=1S/C22H26N2O/c1-14-5-6-23-18-3-2-4-19(21(14)18)24-20(25)13-22-10-15-7-16(11-22)9-17(8-15)12-22/h2-6,15-17H,7-13H2,1H3,(H,24,25). The van der Waals surface area contributed by atoms with Crippen LogP contribution in [0.4, 0.5) is 5.69 Å². The van der Waals surface area contributed by atoms with Crippen molar-refractivity contribution in [2.24, 2.45) is 23.2 Å². The molecule has 4 aliphatic carbocycles. The van der Waals surface area contributed by atoms with E-state index in [0.29, 0.717) is 6.42 Å². The molecule has 25 heavy (non-hydrogen) atoms. The third-order valence-corrected chi connectivity index (χ3v) is 6.95. The van der Waals surface area contributed by atoms with Crippen molar-refractivity contribution in [1.82, 2.24) is 4.98 Å². The van der Waals surface area contributed by atoms with E-state index in [4.69, 9.17) is 0 Å². The van der Waals surface area contributed by atoms with Crippen molar-refractivity contribution in [2.45, 2.75) is 51.9 Å². The van der Waals surface area contributed by atoms with E-state index < -0.39 is 0 Å². The van der Waals surface area contributed by atoms with Gasteiger partial charge in [0.15, 0.2) is 0 Å². The van der Waals surface area contributed by atoms with Crippen LogP contribution >= 0.6 is 0 Å². The minimum atomic E-state index is 0.192. The summed E-state index contributed by atoms with van der Waals surface area (Å²) in [7, 11) is 0. The smallest absolute Gasteiger partial charge is 0.224 e. The molecule has 2 aromatic rings. The SMILES string of the molecule is Cc1ccnc2cccc(NC(=O)CC34CC5CC(CC(C5)C3)C4)c12. The number of pyridine rings is 1. The lowest BCUT2D eigenvalue weighted by Crippen LogP contribution is -2.47.